The van der Waals surface area contributed by atoms with Crippen molar-refractivity contribution in [1.29, 1.82) is 0 Å². The molecule has 4 N–H and O–H groups in total. The lowest BCUT2D eigenvalue weighted by molar-refractivity contribution is 0.457. The minimum absolute atomic E-state index is 0.351. The molecule has 0 amide bonds. The molecule has 0 saturated heterocycles. The van der Waals surface area contributed by atoms with Gasteiger partial charge < -0.3 is 11.5 Å². The SMILES string of the molecule is NCC(CC[C@H](N)[C]=O)Cc1cccnc1. The lowest BCUT2D eigenvalue weighted by Gasteiger charge is -2.15. The molecule has 0 aliphatic carbocycles. The Morgan fingerprint density at radius 3 is 2.81 bits per heavy atom. The molecule has 0 aliphatic rings. The highest BCUT2D eigenvalue weighted by Crippen LogP contribution is 2.12. The number of pyridine rings is 1. The molecule has 1 heterocycles. The quantitative estimate of drug-likeness (QED) is 0.697. The molecule has 0 aliphatic heterocycles. The molecule has 4 nitrogen and oxygen atoms in total. The van der Waals surface area contributed by atoms with Gasteiger partial charge in [0.25, 0.3) is 0 Å². The van der Waals surface area contributed by atoms with Gasteiger partial charge in [0.1, 0.15) is 0 Å². The lowest BCUT2D eigenvalue weighted by atomic mass is 9.94. The second-order valence-corrected chi connectivity index (χ2v) is 3.97. The molecule has 0 bridgehead atoms. The van der Waals surface area contributed by atoms with E-state index in [9.17, 15) is 4.79 Å². The smallest absolute Gasteiger partial charge is 0.216 e. The molecule has 87 valence electrons. The average Bonchev–Trinajstić information content (AvgIpc) is 2.35. The van der Waals surface area contributed by atoms with Crippen LogP contribution in [0.3, 0.4) is 0 Å². The maximum Gasteiger partial charge on any atom is 0.216 e. The van der Waals surface area contributed by atoms with Crippen molar-refractivity contribution in [3.05, 3.63) is 30.1 Å². The van der Waals surface area contributed by atoms with E-state index in [1.807, 2.05) is 18.3 Å². The van der Waals surface area contributed by atoms with Gasteiger partial charge in [0.2, 0.25) is 6.29 Å². The van der Waals surface area contributed by atoms with Gasteiger partial charge in [0, 0.05) is 12.4 Å². The van der Waals surface area contributed by atoms with Crippen LogP contribution >= 0.6 is 0 Å². The van der Waals surface area contributed by atoms with E-state index in [2.05, 4.69) is 4.98 Å². The van der Waals surface area contributed by atoms with Gasteiger partial charge in [-0.3, -0.25) is 9.78 Å². The normalized spacial score (nSPS) is 14.4. The second-order valence-electron chi connectivity index (χ2n) is 3.97. The molecule has 0 fully saturated rings. The Bertz CT molecular complexity index is 302. The summed E-state index contributed by atoms with van der Waals surface area (Å²) in [6.45, 7) is 0.598. The fraction of sp³-hybridized carbons (Fsp3) is 0.500. The van der Waals surface area contributed by atoms with Crippen LogP contribution in [0, 0.1) is 5.92 Å². The summed E-state index contributed by atoms with van der Waals surface area (Å²) < 4.78 is 0. The second kappa shape index (κ2) is 7.09. The highest BCUT2D eigenvalue weighted by Gasteiger charge is 2.10. The summed E-state index contributed by atoms with van der Waals surface area (Å²) in [6.07, 6.45) is 7.75. The Hall–Kier alpha value is -1.26. The topological polar surface area (TPSA) is 82.0 Å². The van der Waals surface area contributed by atoms with Crippen LogP contribution in [0.4, 0.5) is 0 Å². The lowest BCUT2D eigenvalue weighted by Crippen LogP contribution is -2.25. The van der Waals surface area contributed by atoms with Crippen molar-refractivity contribution in [2.45, 2.75) is 25.3 Å². The summed E-state index contributed by atoms with van der Waals surface area (Å²) in [5.41, 5.74) is 12.3. The molecule has 1 unspecified atom stereocenters. The molecule has 4 heteroatoms. The zero-order valence-electron chi connectivity index (χ0n) is 9.30. The first-order chi connectivity index (χ1) is 7.76. The number of hydrogen-bond donors (Lipinski definition) is 2. The van der Waals surface area contributed by atoms with Gasteiger partial charge in [0.05, 0.1) is 6.04 Å². The fourth-order valence-corrected chi connectivity index (χ4v) is 1.63. The number of aromatic nitrogens is 1. The monoisotopic (exact) mass is 220 g/mol. The van der Waals surface area contributed by atoms with Crippen molar-refractivity contribution in [3.8, 4) is 0 Å². The Labute approximate surface area is 96.0 Å². The van der Waals surface area contributed by atoms with Crippen LogP contribution in [0.1, 0.15) is 18.4 Å². The van der Waals surface area contributed by atoms with Crippen LogP contribution in [-0.4, -0.2) is 23.9 Å². The molecule has 16 heavy (non-hydrogen) atoms. The summed E-state index contributed by atoms with van der Waals surface area (Å²) in [4.78, 5) is 14.3. The summed E-state index contributed by atoms with van der Waals surface area (Å²) in [7, 11) is 0. The molecule has 1 radical (unpaired) electrons. The van der Waals surface area contributed by atoms with Gasteiger partial charge in [-0.25, -0.2) is 0 Å². The molecule has 0 aromatic carbocycles. The molecular weight excluding hydrogens is 202 g/mol. The molecule has 1 aromatic heterocycles. The number of carbonyl (C=O) groups excluding carboxylic acids is 1. The minimum Gasteiger partial charge on any atom is -0.330 e. The Kier molecular flexibility index (Phi) is 5.67. The third-order valence-corrected chi connectivity index (χ3v) is 2.62. The predicted octanol–water partition coefficient (Wildman–Crippen LogP) is 0.416. The van der Waals surface area contributed by atoms with E-state index in [1.165, 1.54) is 5.56 Å². The largest absolute Gasteiger partial charge is 0.330 e. The van der Waals surface area contributed by atoms with Crippen molar-refractivity contribution < 1.29 is 4.79 Å². The van der Waals surface area contributed by atoms with Crippen LogP contribution in [-0.2, 0) is 11.2 Å². The third kappa shape index (κ3) is 4.51. The highest BCUT2D eigenvalue weighted by molar-refractivity contribution is 5.57. The number of rotatable bonds is 7. The molecular formula is C12H18N3O. The van der Waals surface area contributed by atoms with Gasteiger partial charge in [-0.15, -0.1) is 0 Å². The minimum atomic E-state index is -0.483. The van der Waals surface area contributed by atoms with E-state index in [-0.39, 0.29) is 0 Å². The number of nitrogens with two attached hydrogens (primary N) is 2. The van der Waals surface area contributed by atoms with Crippen LogP contribution in [0.15, 0.2) is 24.5 Å². The fourth-order valence-electron chi connectivity index (χ4n) is 1.63. The Morgan fingerprint density at radius 2 is 2.25 bits per heavy atom. The van der Waals surface area contributed by atoms with Crippen molar-refractivity contribution in [2.24, 2.45) is 17.4 Å². The predicted molar refractivity (Wildman–Crippen MR) is 63.4 cm³/mol. The standard InChI is InChI=1S/C12H18N3O/c13-7-10(3-4-12(14)9-16)6-11-2-1-5-15-8-11/h1-2,5,8,10,12H,3-4,6-7,13-14H2/t10?,12-/m0/s1. The molecule has 2 atom stereocenters. The van der Waals surface area contributed by atoms with E-state index in [1.54, 1.807) is 12.5 Å². The van der Waals surface area contributed by atoms with Gasteiger partial charge in [-0.1, -0.05) is 6.07 Å². The van der Waals surface area contributed by atoms with Crippen LogP contribution in [0.25, 0.3) is 0 Å². The first-order valence-corrected chi connectivity index (χ1v) is 5.48. The van der Waals surface area contributed by atoms with E-state index < -0.39 is 6.04 Å². The third-order valence-electron chi connectivity index (χ3n) is 2.62. The first kappa shape index (κ1) is 12.8. The Morgan fingerprint density at radius 1 is 1.44 bits per heavy atom. The molecule has 0 saturated carbocycles. The number of hydrogen-bond acceptors (Lipinski definition) is 4. The highest BCUT2D eigenvalue weighted by atomic mass is 16.1. The summed E-state index contributed by atoms with van der Waals surface area (Å²) >= 11 is 0. The summed E-state index contributed by atoms with van der Waals surface area (Å²) in [5, 5.41) is 0. The van der Waals surface area contributed by atoms with Gasteiger partial charge in [-0.2, -0.15) is 0 Å². The van der Waals surface area contributed by atoms with E-state index in [0.29, 0.717) is 18.9 Å². The Balaban J connectivity index is 2.40. The van der Waals surface area contributed by atoms with Crippen LogP contribution in [0.2, 0.25) is 0 Å². The van der Waals surface area contributed by atoms with Crippen molar-refractivity contribution in [3.63, 3.8) is 0 Å². The molecule has 1 rings (SSSR count). The average molecular weight is 220 g/mol. The van der Waals surface area contributed by atoms with Crippen molar-refractivity contribution in [1.82, 2.24) is 4.98 Å². The van der Waals surface area contributed by atoms with Gasteiger partial charge >= 0.3 is 0 Å². The summed E-state index contributed by atoms with van der Waals surface area (Å²) in [5.74, 6) is 0.351. The summed E-state index contributed by atoms with van der Waals surface area (Å²) in [6, 6.07) is 3.46. The maximum absolute atomic E-state index is 10.3. The molecule has 0 spiro atoms. The van der Waals surface area contributed by atoms with E-state index in [4.69, 9.17) is 11.5 Å². The van der Waals surface area contributed by atoms with Crippen molar-refractivity contribution >= 4 is 6.29 Å². The van der Waals surface area contributed by atoms with Gasteiger partial charge in [0.15, 0.2) is 0 Å². The first-order valence-electron chi connectivity index (χ1n) is 5.48. The zero-order valence-corrected chi connectivity index (χ0v) is 9.30. The zero-order chi connectivity index (χ0) is 11.8. The van der Waals surface area contributed by atoms with E-state index in [0.717, 1.165) is 12.8 Å². The van der Waals surface area contributed by atoms with Gasteiger partial charge in [-0.05, 0) is 43.4 Å². The molecule has 1 aromatic rings. The number of nitrogens with zero attached hydrogens (tertiary/aromatic N) is 1. The van der Waals surface area contributed by atoms with Crippen LogP contribution < -0.4 is 11.5 Å². The van der Waals surface area contributed by atoms with Crippen LogP contribution in [0.5, 0.6) is 0 Å². The maximum atomic E-state index is 10.3. The van der Waals surface area contributed by atoms with Crippen molar-refractivity contribution in [2.75, 3.05) is 6.54 Å². The van der Waals surface area contributed by atoms with E-state index >= 15 is 0 Å².